The molecule has 0 radical (unpaired) electrons. The number of non-ortho nitro benzene ring substituents is 1. The largest absolute Gasteiger partial charge is 0.328 e. The third kappa shape index (κ3) is 2.84. The van der Waals surface area contributed by atoms with E-state index in [-0.39, 0.29) is 11.2 Å². The predicted octanol–water partition coefficient (Wildman–Crippen LogP) is 3.97. The zero-order chi connectivity index (χ0) is 15.5. The van der Waals surface area contributed by atoms with E-state index in [1.165, 1.54) is 12.1 Å². The van der Waals surface area contributed by atoms with E-state index < -0.39 is 4.92 Å². The van der Waals surface area contributed by atoms with Crippen LogP contribution in [0.3, 0.4) is 0 Å². The van der Waals surface area contributed by atoms with E-state index in [2.05, 4.69) is 4.98 Å². The molecule has 1 atom stereocenters. The Balaban J connectivity index is 1.83. The lowest BCUT2D eigenvalue weighted by Crippen LogP contribution is -2.26. The maximum Gasteiger partial charge on any atom is 0.269 e. The summed E-state index contributed by atoms with van der Waals surface area (Å²) in [5.41, 5.74) is 2.26. The molecule has 1 aliphatic heterocycles. The number of nitrogens with zero attached hydrogens (tertiary/aromatic N) is 3. The molecule has 0 fully saturated rings. The van der Waals surface area contributed by atoms with Crippen LogP contribution in [0, 0.1) is 10.1 Å². The molecular formula is C16H12ClN3O2. The van der Waals surface area contributed by atoms with Crippen LogP contribution in [-0.2, 0) is 0 Å². The minimum absolute atomic E-state index is 0.0561. The molecule has 0 saturated heterocycles. The maximum atomic E-state index is 10.7. The number of benzene rings is 1. The van der Waals surface area contributed by atoms with E-state index in [9.17, 15) is 10.1 Å². The smallest absolute Gasteiger partial charge is 0.269 e. The monoisotopic (exact) mass is 313 g/mol. The number of rotatable bonds is 3. The Morgan fingerprint density at radius 1 is 1.18 bits per heavy atom. The van der Waals surface area contributed by atoms with Gasteiger partial charge in [0, 0.05) is 35.8 Å². The molecular weight excluding hydrogens is 302 g/mol. The Hall–Kier alpha value is -2.66. The topological polar surface area (TPSA) is 59.3 Å². The average molecular weight is 314 g/mol. The molecule has 2 heterocycles. The van der Waals surface area contributed by atoms with Crippen molar-refractivity contribution < 1.29 is 4.92 Å². The van der Waals surface area contributed by atoms with Crippen LogP contribution < -0.4 is 4.90 Å². The molecule has 5 nitrogen and oxygen atoms in total. The summed E-state index contributed by atoms with van der Waals surface area (Å²) in [6.07, 6.45) is 7.40. The number of alkyl halides is 1. The fourth-order valence-corrected chi connectivity index (χ4v) is 2.52. The van der Waals surface area contributed by atoms with Crippen LogP contribution in [-0.4, -0.2) is 15.4 Å². The Bertz CT molecular complexity index is 742. The van der Waals surface area contributed by atoms with Gasteiger partial charge in [0.2, 0.25) is 0 Å². The number of nitro groups is 1. The molecule has 0 spiro atoms. The van der Waals surface area contributed by atoms with E-state index in [1.807, 2.05) is 41.5 Å². The highest BCUT2D eigenvalue weighted by Crippen LogP contribution is 2.29. The lowest BCUT2D eigenvalue weighted by Gasteiger charge is -2.27. The molecule has 0 saturated carbocycles. The molecule has 1 aromatic heterocycles. The summed E-state index contributed by atoms with van der Waals surface area (Å²) < 4.78 is 0. The number of aromatic nitrogens is 1. The van der Waals surface area contributed by atoms with Crippen molar-refractivity contribution in [3.05, 3.63) is 82.8 Å². The van der Waals surface area contributed by atoms with Gasteiger partial charge >= 0.3 is 0 Å². The minimum atomic E-state index is -0.424. The number of pyridine rings is 1. The molecule has 3 rings (SSSR count). The highest BCUT2D eigenvalue weighted by molar-refractivity contribution is 6.24. The first kappa shape index (κ1) is 14.3. The fourth-order valence-electron chi connectivity index (χ4n) is 2.21. The normalized spacial score (nSPS) is 17.2. The van der Waals surface area contributed by atoms with Gasteiger partial charge < -0.3 is 4.90 Å². The molecule has 110 valence electrons. The van der Waals surface area contributed by atoms with Gasteiger partial charge in [0.25, 0.3) is 5.69 Å². The summed E-state index contributed by atoms with van der Waals surface area (Å²) in [6, 6.07) is 12.0. The highest BCUT2D eigenvalue weighted by atomic mass is 35.5. The molecule has 1 unspecified atom stereocenters. The van der Waals surface area contributed by atoms with Crippen LogP contribution in [0.15, 0.2) is 67.0 Å². The van der Waals surface area contributed by atoms with Gasteiger partial charge in [0.15, 0.2) is 0 Å². The number of hydrogen-bond donors (Lipinski definition) is 0. The zero-order valence-electron chi connectivity index (χ0n) is 11.5. The van der Waals surface area contributed by atoms with E-state index in [0.717, 1.165) is 17.0 Å². The first-order valence-electron chi connectivity index (χ1n) is 6.63. The van der Waals surface area contributed by atoms with Crippen molar-refractivity contribution in [1.29, 1.82) is 0 Å². The summed E-state index contributed by atoms with van der Waals surface area (Å²) in [6.45, 7) is 0. The van der Waals surface area contributed by atoms with Crippen molar-refractivity contribution in [2.75, 3.05) is 4.90 Å². The predicted molar refractivity (Wildman–Crippen MR) is 86.6 cm³/mol. The van der Waals surface area contributed by atoms with Crippen LogP contribution in [0.4, 0.5) is 11.4 Å². The van der Waals surface area contributed by atoms with Crippen LogP contribution in [0.5, 0.6) is 0 Å². The summed E-state index contributed by atoms with van der Waals surface area (Å²) in [7, 11) is 0. The van der Waals surface area contributed by atoms with Crippen molar-refractivity contribution in [2.24, 2.45) is 0 Å². The summed E-state index contributed by atoms with van der Waals surface area (Å²) in [5, 5.41) is 10.7. The second-order valence-corrected chi connectivity index (χ2v) is 5.15. The third-order valence-electron chi connectivity index (χ3n) is 3.32. The number of anilines is 1. The van der Waals surface area contributed by atoms with Crippen LogP contribution >= 0.6 is 11.6 Å². The summed E-state index contributed by atoms with van der Waals surface area (Å²) >= 11 is 6.40. The molecule has 6 heteroatoms. The fraction of sp³-hybridized carbons (Fsp3) is 0.0625. The van der Waals surface area contributed by atoms with Crippen molar-refractivity contribution in [3.8, 4) is 0 Å². The van der Waals surface area contributed by atoms with Gasteiger partial charge in [0.1, 0.15) is 5.50 Å². The van der Waals surface area contributed by atoms with Gasteiger partial charge in [-0.1, -0.05) is 17.7 Å². The van der Waals surface area contributed by atoms with Gasteiger partial charge in [-0.25, -0.2) is 0 Å². The number of hydrogen-bond acceptors (Lipinski definition) is 4. The number of halogens is 1. The minimum Gasteiger partial charge on any atom is -0.328 e. The second kappa shape index (κ2) is 5.99. The SMILES string of the molecule is O=[N+]([O-])c1ccc(N2C=CC(c3ccccn3)=CC2Cl)cc1. The Labute approximate surface area is 132 Å². The molecule has 0 bridgehead atoms. The highest BCUT2D eigenvalue weighted by Gasteiger charge is 2.18. The molecule has 1 aromatic carbocycles. The number of allylic oxidation sites excluding steroid dienone is 2. The van der Waals surface area contributed by atoms with E-state index >= 15 is 0 Å². The van der Waals surface area contributed by atoms with Crippen LogP contribution in [0.2, 0.25) is 0 Å². The molecule has 0 N–H and O–H groups in total. The third-order valence-corrected chi connectivity index (χ3v) is 3.65. The molecule has 0 aliphatic carbocycles. The van der Waals surface area contributed by atoms with E-state index in [1.54, 1.807) is 18.3 Å². The Morgan fingerprint density at radius 3 is 2.55 bits per heavy atom. The van der Waals surface area contributed by atoms with Gasteiger partial charge in [0.05, 0.1) is 10.6 Å². The molecule has 2 aromatic rings. The lowest BCUT2D eigenvalue weighted by molar-refractivity contribution is -0.384. The molecule has 22 heavy (non-hydrogen) atoms. The van der Waals surface area contributed by atoms with Gasteiger partial charge in [-0.2, -0.15) is 0 Å². The first-order chi connectivity index (χ1) is 10.6. The van der Waals surface area contributed by atoms with E-state index in [4.69, 9.17) is 11.6 Å². The van der Waals surface area contributed by atoms with Crippen molar-refractivity contribution in [2.45, 2.75) is 5.50 Å². The maximum absolute atomic E-state index is 10.7. The van der Waals surface area contributed by atoms with Crippen LogP contribution in [0.1, 0.15) is 5.69 Å². The van der Waals surface area contributed by atoms with Gasteiger partial charge in [-0.15, -0.1) is 0 Å². The van der Waals surface area contributed by atoms with Crippen molar-refractivity contribution in [3.63, 3.8) is 0 Å². The quantitative estimate of drug-likeness (QED) is 0.372. The average Bonchev–Trinajstić information content (AvgIpc) is 2.56. The van der Waals surface area contributed by atoms with Gasteiger partial charge in [-0.05, 0) is 36.4 Å². The van der Waals surface area contributed by atoms with E-state index in [0.29, 0.717) is 0 Å². The molecule has 1 aliphatic rings. The number of nitro benzene ring substituents is 1. The van der Waals surface area contributed by atoms with Crippen LogP contribution in [0.25, 0.3) is 5.57 Å². The Morgan fingerprint density at radius 2 is 1.95 bits per heavy atom. The van der Waals surface area contributed by atoms with Gasteiger partial charge in [-0.3, -0.25) is 15.1 Å². The lowest BCUT2D eigenvalue weighted by atomic mass is 10.1. The zero-order valence-corrected chi connectivity index (χ0v) is 12.2. The molecule has 0 amide bonds. The van der Waals surface area contributed by atoms with Crippen molar-refractivity contribution >= 4 is 28.5 Å². The standard InChI is InChI=1S/C16H12ClN3O2/c17-16-11-12(15-3-1-2-9-18-15)8-10-19(16)13-4-6-14(7-5-13)20(21)22/h1-11,16H. The second-order valence-electron chi connectivity index (χ2n) is 4.71. The first-order valence-corrected chi connectivity index (χ1v) is 7.07. The summed E-state index contributed by atoms with van der Waals surface area (Å²) in [4.78, 5) is 16.4. The summed E-state index contributed by atoms with van der Waals surface area (Å²) in [5.74, 6) is 0. The Kier molecular flexibility index (Phi) is 3.89. The van der Waals surface area contributed by atoms with Crippen molar-refractivity contribution in [1.82, 2.24) is 4.98 Å².